The second kappa shape index (κ2) is 15.4. The van der Waals surface area contributed by atoms with Crippen LogP contribution >= 0.6 is 0 Å². The highest BCUT2D eigenvalue weighted by Crippen LogP contribution is 2.26. The first-order chi connectivity index (χ1) is 20.9. The average Bonchev–Trinajstić information content (AvgIpc) is 3.17. The Labute approximate surface area is 267 Å². The maximum Gasteiger partial charge on any atom is 0.261 e. The van der Waals surface area contributed by atoms with Crippen molar-refractivity contribution in [1.29, 1.82) is 0 Å². The first-order valence-electron chi connectivity index (χ1n) is 14.4. The van der Waals surface area contributed by atoms with E-state index in [2.05, 4.69) is 98.2 Å². The normalized spacial score (nSPS) is 13.6. The number of aromatic nitrogens is 2. The Kier molecular flexibility index (Phi) is 12.2. The summed E-state index contributed by atoms with van der Waals surface area (Å²) in [5, 5.41) is 0. The summed E-state index contributed by atoms with van der Waals surface area (Å²) in [5.41, 5.74) is 9.95. The van der Waals surface area contributed by atoms with Crippen molar-refractivity contribution < 1.29 is 25.9 Å². The van der Waals surface area contributed by atoms with E-state index in [0.29, 0.717) is 12.5 Å². The van der Waals surface area contributed by atoms with Gasteiger partial charge in [-0.05, 0) is 69.5 Å². The predicted molar refractivity (Wildman–Crippen MR) is 182 cm³/mol. The van der Waals surface area contributed by atoms with Gasteiger partial charge in [-0.2, -0.15) is 16.8 Å². The maximum absolute atomic E-state index is 9.19. The zero-order chi connectivity index (χ0) is 33.4. The number of anilines is 2. The molecule has 0 amide bonds. The van der Waals surface area contributed by atoms with Crippen LogP contribution in [0.4, 0.5) is 11.6 Å². The molecule has 1 aliphatic heterocycles. The zero-order valence-corrected chi connectivity index (χ0v) is 28.2. The fourth-order valence-corrected chi connectivity index (χ4v) is 5.15. The predicted octanol–water partition coefficient (Wildman–Crippen LogP) is 5.77. The van der Waals surface area contributed by atoms with Crippen molar-refractivity contribution in [2.24, 2.45) is 0 Å². The molecule has 5 rings (SSSR count). The Bertz CT molecular complexity index is 1600. The molecule has 2 aromatic heterocycles. The van der Waals surface area contributed by atoms with E-state index in [-0.39, 0.29) is 0 Å². The molecular formula is C33H42N4O6S2. The number of aryl methyl sites for hydroxylation is 4. The van der Waals surface area contributed by atoms with E-state index in [1.165, 1.54) is 44.5 Å². The number of nitrogens with zero attached hydrogens (tertiary/aromatic N) is 4. The van der Waals surface area contributed by atoms with Gasteiger partial charge in [0.25, 0.3) is 20.2 Å². The zero-order valence-electron chi connectivity index (χ0n) is 26.6. The van der Waals surface area contributed by atoms with Crippen molar-refractivity contribution in [2.75, 3.05) is 48.5 Å². The summed E-state index contributed by atoms with van der Waals surface area (Å²) < 4.78 is 51.7. The highest BCUT2D eigenvalue weighted by atomic mass is 32.2. The van der Waals surface area contributed by atoms with E-state index in [4.69, 9.17) is 19.1 Å². The molecule has 0 aliphatic carbocycles. The molecule has 1 saturated heterocycles. The lowest BCUT2D eigenvalue weighted by molar-refractivity contribution is 0.488. The van der Waals surface area contributed by atoms with E-state index >= 15 is 0 Å². The van der Waals surface area contributed by atoms with Crippen molar-refractivity contribution in [3.05, 3.63) is 95.3 Å². The van der Waals surface area contributed by atoms with Crippen LogP contribution in [0.1, 0.15) is 28.7 Å². The Morgan fingerprint density at radius 2 is 0.844 bits per heavy atom. The molecule has 1 fully saturated rings. The van der Waals surface area contributed by atoms with Crippen LogP contribution in [-0.4, -0.2) is 74.6 Å². The Morgan fingerprint density at radius 3 is 1.11 bits per heavy atom. The summed E-state index contributed by atoms with van der Waals surface area (Å²) in [6, 6.07) is 22.1. The van der Waals surface area contributed by atoms with Crippen molar-refractivity contribution in [2.45, 2.75) is 34.1 Å². The van der Waals surface area contributed by atoms with E-state index < -0.39 is 20.2 Å². The van der Waals surface area contributed by atoms with Gasteiger partial charge in [0.15, 0.2) is 0 Å². The minimum atomic E-state index is -3.67. The van der Waals surface area contributed by atoms with Crippen LogP contribution in [-0.2, 0) is 20.2 Å². The minimum Gasteiger partial charge on any atom is -0.355 e. The van der Waals surface area contributed by atoms with Gasteiger partial charge in [-0.25, -0.2) is 9.97 Å². The average molecular weight is 655 g/mol. The Hall–Kier alpha value is -3.84. The van der Waals surface area contributed by atoms with Crippen LogP contribution in [0.5, 0.6) is 0 Å². The number of pyridine rings is 2. The third-order valence-corrected chi connectivity index (χ3v) is 6.75. The SMILES string of the molecule is CS(=O)(=O)O.CS(=O)(=O)O.Cc1cc(C)cc(-c2ccc(N3CCCN(c4ccc(-c5cc(C)cc(C)c5)cn4)CC3)nc2)c1. The third-order valence-electron chi connectivity index (χ3n) is 6.75. The fraction of sp³-hybridized carbons (Fsp3) is 0.333. The summed E-state index contributed by atoms with van der Waals surface area (Å²) in [5.74, 6) is 2.11. The summed E-state index contributed by atoms with van der Waals surface area (Å²) in [6.07, 6.45) is 6.54. The second-order valence-corrected chi connectivity index (χ2v) is 14.3. The molecule has 242 valence electrons. The first kappa shape index (κ1) is 35.6. The third kappa shape index (κ3) is 13.0. The molecule has 0 radical (unpaired) electrons. The van der Waals surface area contributed by atoms with Crippen molar-refractivity contribution in [1.82, 2.24) is 9.97 Å². The molecule has 1 aliphatic rings. The van der Waals surface area contributed by atoms with Crippen molar-refractivity contribution >= 4 is 31.9 Å². The van der Waals surface area contributed by atoms with Gasteiger partial charge >= 0.3 is 0 Å². The molecule has 0 bridgehead atoms. The summed E-state index contributed by atoms with van der Waals surface area (Å²) in [4.78, 5) is 14.5. The van der Waals surface area contributed by atoms with E-state index in [1.807, 2.05) is 12.4 Å². The van der Waals surface area contributed by atoms with Gasteiger partial charge in [0, 0.05) is 49.7 Å². The standard InChI is InChI=1S/C31H34N4.2CH4O3S/c1-22-14-23(2)17-28(16-22)26-6-8-30(32-20-26)34-10-5-11-35(13-12-34)31-9-7-27(21-33-31)29-18-24(3)15-25(4)19-29;2*1-5(2,3)4/h6-9,14-21H,5,10-13H2,1-4H3;2*1H3,(H,2,3,4). The lowest BCUT2D eigenvalue weighted by Crippen LogP contribution is -2.31. The number of hydrogen-bond donors (Lipinski definition) is 2. The lowest BCUT2D eigenvalue weighted by atomic mass is 10.0. The van der Waals surface area contributed by atoms with Crippen molar-refractivity contribution in [3.8, 4) is 22.3 Å². The lowest BCUT2D eigenvalue weighted by Gasteiger charge is -2.23. The summed E-state index contributed by atoms with van der Waals surface area (Å²) in [6.45, 7) is 12.5. The van der Waals surface area contributed by atoms with Gasteiger partial charge in [-0.15, -0.1) is 0 Å². The van der Waals surface area contributed by atoms with Crippen molar-refractivity contribution in [3.63, 3.8) is 0 Å². The van der Waals surface area contributed by atoms with Crippen LogP contribution in [0.15, 0.2) is 73.1 Å². The van der Waals surface area contributed by atoms with Gasteiger partial charge in [-0.3, -0.25) is 9.11 Å². The number of rotatable bonds is 4. The van der Waals surface area contributed by atoms with E-state index in [1.54, 1.807) is 0 Å². The van der Waals surface area contributed by atoms with Gasteiger partial charge in [0.1, 0.15) is 11.6 Å². The maximum atomic E-state index is 9.19. The molecule has 4 aromatic rings. The largest absolute Gasteiger partial charge is 0.355 e. The first-order valence-corrected chi connectivity index (χ1v) is 18.1. The van der Waals surface area contributed by atoms with Crippen LogP contribution in [0, 0.1) is 27.7 Å². The van der Waals surface area contributed by atoms with Crippen LogP contribution < -0.4 is 9.80 Å². The van der Waals surface area contributed by atoms with E-state index in [0.717, 1.165) is 44.2 Å². The second-order valence-electron chi connectivity index (χ2n) is 11.4. The molecule has 0 unspecified atom stereocenters. The van der Waals surface area contributed by atoms with Gasteiger partial charge < -0.3 is 9.80 Å². The quantitative estimate of drug-likeness (QED) is 0.261. The van der Waals surface area contributed by atoms with E-state index in [9.17, 15) is 16.8 Å². The highest BCUT2D eigenvalue weighted by molar-refractivity contribution is 7.85. The summed E-state index contributed by atoms with van der Waals surface area (Å²) >= 11 is 0. The topological polar surface area (TPSA) is 141 Å². The molecule has 12 heteroatoms. The molecule has 10 nitrogen and oxygen atoms in total. The molecule has 2 aromatic carbocycles. The number of benzene rings is 2. The fourth-order valence-electron chi connectivity index (χ4n) is 5.15. The van der Waals surface area contributed by atoms with Crippen LogP contribution in [0.3, 0.4) is 0 Å². The van der Waals surface area contributed by atoms with Crippen LogP contribution in [0.2, 0.25) is 0 Å². The smallest absolute Gasteiger partial charge is 0.261 e. The van der Waals surface area contributed by atoms with Crippen LogP contribution in [0.25, 0.3) is 22.3 Å². The molecule has 2 N–H and O–H groups in total. The molecule has 3 heterocycles. The molecule has 0 atom stereocenters. The molecule has 0 spiro atoms. The monoisotopic (exact) mass is 654 g/mol. The Balaban J connectivity index is 0.000000482. The Morgan fingerprint density at radius 1 is 0.533 bits per heavy atom. The number of hydrogen-bond acceptors (Lipinski definition) is 8. The van der Waals surface area contributed by atoms with Gasteiger partial charge in [-0.1, -0.05) is 58.7 Å². The highest BCUT2D eigenvalue weighted by Gasteiger charge is 2.17. The van der Waals surface area contributed by atoms with Gasteiger partial charge in [0.05, 0.1) is 12.5 Å². The minimum absolute atomic E-state index is 0.715. The molecular weight excluding hydrogens is 613 g/mol. The summed E-state index contributed by atoms with van der Waals surface area (Å²) in [7, 11) is -7.33. The van der Waals surface area contributed by atoms with Gasteiger partial charge in [0.2, 0.25) is 0 Å². The molecule has 0 saturated carbocycles. The molecule has 45 heavy (non-hydrogen) atoms.